The van der Waals surface area contributed by atoms with Gasteiger partial charge in [-0.2, -0.15) is 17.7 Å². The van der Waals surface area contributed by atoms with Crippen molar-refractivity contribution in [3.63, 3.8) is 0 Å². The molecule has 1 aliphatic rings. The molecule has 0 amide bonds. The van der Waals surface area contributed by atoms with Gasteiger partial charge in [0.15, 0.2) is 0 Å². The molecular weight excluding hydrogens is 246 g/mol. The maximum absolute atomic E-state index is 12.3. The van der Waals surface area contributed by atoms with Gasteiger partial charge in [0.25, 0.3) is 5.56 Å². The van der Waals surface area contributed by atoms with E-state index < -0.39 is 0 Å². The molecule has 0 N–H and O–H groups in total. The first-order valence-electron chi connectivity index (χ1n) is 6.38. The van der Waals surface area contributed by atoms with Gasteiger partial charge in [0, 0.05) is 18.9 Å². The summed E-state index contributed by atoms with van der Waals surface area (Å²) in [6.45, 7) is 0.775. The van der Waals surface area contributed by atoms with Gasteiger partial charge in [0.2, 0.25) is 0 Å². The van der Waals surface area contributed by atoms with E-state index in [0.717, 1.165) is 12.3 Å². The second kappa shape index (κ2) is 4.46. The van der Waals surface area contributed by atoms with Crippen LogP contribution in [0.2, 0.25) is 0 Å². The number of thiol groups is 1. The molecule has 2 aromatic rings. The van der Waals surface area contributed by atoms with E-state index in [9.17, 15) is 4.79 Å². The lowest BCUT2D eigenvalue weighted by Crippen LogP contribution is -2.32. The van der Waals surface area contributed by atoms with Gasteiger partial charge in [0.1, 0.15) is 5.52 Å². The Morgan fingerprint density at radius 2 is 2.11 bits per heavy atom. The molecule has 0 radical (unpaired) electrons. The zero-order valence-electron chi connectivity index (χ0n) is 10.2. The van der Waals surface area contributed by atoms with E-state index in [1.54, 1.807) is 16.8 Å². The van der Waals surface area contributed by atoms with Crippen LogP contribution >= 0.6 is 12.6 Å². The average molecular weight is 263 g/mol. The van der Waals surface area contributed by atoms with Crippen LogP contribution in [0, 0.1) is 5.41 Å². The topological polar surface area (TPSA) is 39.3 Å². The highest BCUT2D eigenvalue weighted by molar-refractivity contribution is 7.80. The summed E-state index contributed by atoms with van der Waals surface area (Å²) in [6.07, 6.45) is 10.2. The number of nitrogens with zero attached hydrogens (tertiary/aromatic N) is 3. The van der Waals surface area contributed by atoms with Crippen LogP contribution in [-0.2, 0) is 6.54 Å². The fraction of sp³-hybridized carbons (Fsp3) is 0.538. The Hall–Kier alpha value is -1.23. The molecule has 0 spiro atoms. The van der Waals surface area contributed by atoms with Crippen molar-refractivity contribution in [1.29, 1.82) is 0 Å². The van der Waals surface area contributed by atoms with Gasteiger partial charge < -0.3 is 4.57 Å². The smallest absolute Gasteiger partial charge is 0.276 e. The van der Waals surface area contributed by atoms with E-state index in [0.29, 0.717) is 5.52 Å². The van der Waals surface area contributed by atoms with Crippen LogP contribution in [0.5, 0.6) is 0 Å². The lowest BCUT2D eigenvalue weighted by Gasteiger charge is -2.27. The summed E-state index contributed by atoms with van der Waals surface area (Å²) in [7, 11) is 0. The monoisotopic (exact) mass is 263 g/mol. The van der Waals surface area contributed by atoms with Crippen LogP contribution in [-0.4, -0.2) is 19.9 Å². The van der Waals surface area contributed by atoms with Crippen LogP contribution in [0.15, 0.2) is 29.5 Å². The summed E-state index contributed by atoms with van der Waals surface area (Å²) in [4.78, 5) is 12.3. The van der Waals surface area contributed by atoms with Crippen LogP contribution in [0.25, 0.3) is 5.52 Å². The Kier molecular flexibility index (Phi) is 2.93. The third-order valence-electron chi connectivity index (χ3n) is 4.04. The first-order chi connectivity index (χ1) is 8.74. The lowest BCUT2D eigenvalue weighted by atomic mass is 9.88. The fourth-order valence-electron chi connectivity index (χ4n) is 2.94. The molecule has 3 rings (SSSR count). The van der Waals surface area contributed by atoms with Crippen molar-refractivity contribution >= 4 is 18.1 Å². The second-order valence-corrected chi connectivity index (χ2v) is 5.57. The van der Waals surface area contributed by atoms with Crippen molar-refractivity contribution in [3.8, 4) is 0 Å². The minimum absolute atomic E-state index is 0.0445. The van der Waals surface area contributed by atoms with E-state index in [1.165, 1.54) is 25.7 Å². The van der Waals surface area contributed by atoms with Crippen molar-refractivity contribution in [2.45, 2.75) is 32.2 Å². The predicted octanol–water partition coefficient (Wildman–Crippen LogP) is 1.99. The van der Waals surface area contributed by atoms with Crippen LogP contribution in [0.3, 0.4) is 0 Å². The molecule has 1 fully saturated rings. The summed E-state index contributed by atoms with van der Waals surface area (Å²) in [5, 5.41) is 4.08. The van der Waals surface area contributed by atoms with Gasteiger partial charge in [-0.3, -0.25) is 4.79 Å². The molecule has 4 nitrogen and oxygen atoms in total. The molecule has 18 heavy (non-hydrogen) atoms. The Balaban J connectivity index is 1.99. The normalized spacial score (nSPS) is 18.5. The first kappa shape index (κ1) is 11.8. The molecule has 0 unspecified atom stereocenters. The number of aromatic nitrogens is 3. The molecule has 96 valence electrons. The zero-order chi connectivity index (χ0) is 12.6. The van der Waals surface area contributed by atoms with Crippen LogP contribution in [0.4, 0.5) is 0 Å². The molecule has 2 aromatic heterocycles. The number of hydrogen-bond acceptors (Lipinski definition) is 3. The van der Waals surface area contributed by atoms with E-state index in [2.05, 4.69) is 17.7 Å². The van der Waals surface area contributed by atoms with E-state index in [1.807, 2.05) is 17.0 Å². The van der Waals surface area contributed by atoms with E-state index in [4.69, 9.17) is 0 Å². The highest BCUT2D eigenvalue weighted by Gasteiger charge is 2.33. The summed E-state index contributed by atoms with van der Waals surface area (Å²) >= 11 is 4.49. The maximum atomic E-state index is 12.3. The first-order valence-corrected chi connectivity index (χ1v) is 7.01. The average Bonchev–Trinajstić information content (AvgIpc) is 3.03. The molecule has 0 saturated heterocycles. The largest absolute Gasteiger partial charge is 0.312 e. The highest BCUT2D eigenvalue weighted by atomic mass is 32.1. The predicted molar refractivity (Wildman–Crippen MR) is 74.2 cm³/mol. The van der Waals surface area contributed by atoms with Crippen LogP contribution < -0.4 is 5.56 Å². The molecule has 0 bridgehead atoms. The number of rotatable bonds is 3. The third-order valence-corrected chi connectivity index (χ3v) is 4.71. The second-order valence-electron chi connectivity index (χ2n) is 5.26. The van der Waals surface area contributed by atoms with Gasteiger partial charge in [0.05, 0.1) is 6.20 Å². The highest BCUT2D eigenvalue weighted by Crippen LogP contribution is 2.40. The molecule has 0 aliphatic heterocycles. The minimum Gasteiger partial charge on any atom is -0.312 e. The molecule has 0 atom stereocenters. The standard InChI is InChI=1S/C13H17N3OS/c17-12-11-3-6-14-16(11)8-7-15(12)9-13(10-18)4-1-2-5-13/h3,6-8,18H,1-2,4-5,9-10H2. The van der Waals surface area contributed by atoms with Gasteiger partial charge in [-0.05, 0) is 30.1 Å². The Morgan fingerprint density at radius 1 is 1.33 bits per heavy atom. The van der Waals surface area contributed by atoms with Crippen molar-refractivity contribution in [1.82, 2.24) is 14.2 Å². The van der Waals surface area contributed by atoms with E-state index in [-0.39, 0.29) is 11.0 Å². The summed E-state index contributed by atoms with van der Waals surface area (Å²) in [5.41, 5.74) is 0.888. The maximum Gasteiger partial charge on any atom is 0.276 e. The zero-order valence-corrected chi connectivity index (χ0v) is 11.1. The minimum atomic E-state index is 0.0445. The van der Waals surface area contributed by atoms with Crippen molar-refractivity contribution in [2.75, 3.05) is 5.75 Å². The molecular formula is C13H17N3OS. The van der Waals surface area contributed by atoms with Crippen molar-refractivity contribution in [3.05, 3.63) is 35.0 Å². The lowest BCUT2D eigenvalue weighted by molar-refractivity contribution is 0.286. The quantitative estimate of drug-likeness (QED) is 0.860. The third kappa shape index (κ3) is 1.86. The SMILES string of the molecule is O=c1c2ccnn2ccn1CC1(CS)CCCC1. The number of hydrogen-bond donors (Lipinski definition) is 1. The number of fused-ring (bicyclic) bond motifs is 1. The van der Waals surface area contributed by atoms with E-state index >= 15 is 0 Å². The fourth-order valence-corrected chi connectivity index (χ4v) is 3.35. The molecule has 2 heterocycles. The van der Waals surface area contributed by atoms with Crippen LogP contribution in [0.1, 0.15) is 25.7 Å². The molecule has 0 aromatic carbocycles. The summed E-state index contributed by atoms with van der Waals surface area (Å²) in [5.74, 6) is 0.851. The molecule has 5 heteroatoms. The Bertz CT molecular complexity index is 610. The Labute approximate surface area is 111 Å². The van der Waals surface area contributed by atoms with Gasteiger partial charge in [-0.25, -0.2) is 4.52 Å². The van der Waals surface area contributed by atoms with Crippen molar-refractivity contribution in [2.24, 2.45) is 5.41 Å². The van der Waals surface area contributed by atoms with Gasteiger partial charge in [-0.1, -0.05) is 12.8 Å². The van der Waals surface area contributed by atoms with Gasteiger partial charge in [-0.15, -0.1) is 0 Å². The summed E-state index contributed by atoms with van der Waals surface area (Å²) in [6, 6.07) is 1.76. The molecule has 1 saturated carbocycles. The Morgan fingerprint density at radius 3 is 2.83 bits per heavy atom. The van der Waals surface area contributed by atoms with Crippen molar-refractivity contribution < 1.29 is 0 Å². The molecule has 1 aliphatic carbocycles. The summed E-state index contributed by atoms with van der Waals surface area (Å²) < 4.78 is 3.44. The van der Waals surface area contributed by atoms with Gasteiger partial charge >= 0.3 is 0 Å².